The van der Waals surface area contributed by atoms with Gasteiger partial charge >= 0.3 is 5.97 Å². The molecule has 39 heavy (non-hydrogen) atoms. The van der Waals surface area contributed by atoms with Crippen LogP contribution >= 0.6 is 0 Å². The second-order valence-electron chi connectivity index (χ2n) is 14.7. The molecule has 0 unspecified atom stereocenters. The summed E-state index contributed by atoms with van der Waals surface area (Å²) >= 11 is 0. The summed E-state index contributed by atoms with van der Waals surface area (Å²) in [4.78, 5) is 12.9. The molecule has 3 nitrogen and oxygen atoms in total. The second kappa shape index (κ2) is 11.6. The predicted octanol–water partition coefficient (Wildman–Crippen LogP) is 9.41. The number of carbonyl (C=O) groups is 1. The molecule has 0 heterocycles. The average molecular weight is 535 g/mol. The standard InChI is InChI=1S/C36H54O3/c1-24(2)11-10-12-25(3)31-17-18-32-30-16-15-27-23-29(19-21-35(27,5)33(30)20-22-36(31,32)6)39-34(37)26(4)38-28-13-8-7-9-14-28/h7-9,13-15,24-26,29-33H,10-12,16-23H2,1-6H3/t25-,26+,29-,30+,31-,32-,33+,35-,36+/m0/s1. The zero-order valence-corrected chi connectivity index (χ0v) is 25.6. The molecule has 5 rings (SSSR count). The molecule has 3 heteroatoms. The van der Waals surface area contributed by atoms with Gasteiger partial charge in [0.2, 0.25) is 0 Å². The molecule has 0 bridgehead atoms. The highest BCUT2D eigenvalue weighted by Gasteiger charge is 2.59. The van der Waals surface area contributed by atoms with Crippen molar-refractivity contribution in [3.8, 4) is 5.75 Å². The first kappa shape index (κ1) is 28.7. The Hall–Kier alpha value is -1.77. The maximum absolute atomic E-state index is 12.9. The smallest absolute Gasteiger partial charge is 0.347 e. The Labute approximate surface area is 238 Å². The van der Waals surface area contributed by atoms with Crippen molar-refractivity contribution in [2.45, 2.75) is 124 Å². The van der Waals surface area contributed by atoms with Crippen LogP contribution in [0.15, 0.2) is 42.0 Å². The van der Waals surface area contributed by atoms with E-state index in [-0.39, 0.29) is 17.5 Å². The summed E-state index contributed by atoms with van der Waals surface area (Å²) in [7, 11) is 0. The number of carbonyl (C=O) groups excluding carboxylic acids is 1. The Morgan fingerprint density at radius 1 is 0.949 bits per heavy atom. The van der Waals surface area contributed by atoms with E-state index in [1.54, 1.807) is 12.5 Å². The topological polar surface area (TPSA) is 35.5 Å². The van der Waals surface area contributed by atoms with Gasteiger partial charge in [-0.25, -0.2) is 4.79 Å². The van der Waals surface area contributed by atoms with Crippen LogP contribution in [0.4, 0.5) is 0 Å². The number of rotatable bonds is 9. The van der Waals surface area contributed by atoms with Crippen molar-refractivity contribution in [1.82, 2.24) is 0 Å². The molecule has 3 fully saturated rings. The molecule has 216 valence electrons. The molecule has 0 amide bonds. The third kappa shape index (κ3) is 5.71. The van der Waals surface area contributed by atoms with Gasteiger partial charge in [-0.3, -0.25) is 0 Å². The fourth-order valence-electron chi connectivity index (χ4n) is 9.76. The van der Waals surface area contributed by atoms with Crippen LogP contribution in [0.1, 0.15) is 112 Å². The maximum Gasteiger partial charge on any atom is 0.347 e. The first-order chi connectivity index (χ1) is 18.6. The quantitative estimate of drug-likeness (QED) is 0.234. The van der Waals surface area contributed by atoms with E-state index in [4.69, 9.17) is 9.47 Å². The van der Waals surface area contributed by atoms with Gasteiger partial charge in [0.25, 0.3) is 0 Å². The van der Waals surface area contributed by atoms with Gasteiger partial charge in [-0.15, -0.1) is 0 Å². The van der Waals surface area contributed by atoms with E-state index < -0.39 is 6.10 Å². The number of fused-ring (bicyclic) bond motifs is 5. The lowest BCUT2D eigenvalue weighted by Gasteiger charge is -2.58. The Morgan fingerprint density at radius 2 is 1.72 bits per heavy atom. The van der Waals surface area contributed by atoms with Gasteiger partial charge in [0, 0.05) is 6.42 Å². The third-order valence-electron chi connectivity index (χ3n) is 11.9. The van der Waals surface area contributed by atoms with Crippen molar-refractivity contribution in [3.63, 3.8) is 0 Å². The minimum atomic E-state index is -0.593. The van der Waals surface area contributed by atoms with Crippen molar-refractivity contribution in [2.75, 3.05) is 0 Å². The number of ether oxygens (including phenoxy) is 2. The van der Waals surface area contributed by atoms with E-state index >= 15 is 0 Å². The highest BCUT2D eigenvalue weighted by atomic mass is 16.6. The molecule has 0 spiro atoms. The van der Waals surface area contributed by atoms with E-state index in [1.165, 1.54) is 51.4 Å². The molecular formula is C36H54O3. The van der Waals surface area contributed by atoms with Gasteiger partial charge in [0.1, 0.15) is 11.9 Å². The van der Waals surface area contributed by atoms with Crippen LogP contribution in [0.5, 0.6) is 5.75 Å². The number of benzene rings is 1. The third-order valence-corrected chi connectivity index (χ3v) is 11.9. The van der Waals surface area contributed by atoms with Gasteiger partial charge in [-0.2, -0.15) is 0 Å². The lowest BCUT2D eigenvalue weighted by molar-refractivity contribution is -0.159. The summed E-state index contributed by atoms with van der Waals surface area (Å²) < 4.78 is 11.9. The fourth-order valence-corrected chi connectivity index (χ4v) is 9.76. The summed E-state index contributed by atoms with van der Waals surface area (Å²) in [6.45, 7) is 14.3. The Kier molecular flexibility index (Phi) is 8.56. The molecule has 3 saturated carbocycles. The zero-order chi connectivity index (χ0) is 27.8. The van der Waals surface area contributed by atoms with Crippen molar-refractivity contribution >= 4 is 5.97 Å². The molecule has 0 radical (unpaired) electrons. The predicted molar refractivity (Wildman–Crippen MR) is 159 cm³/mol. The van der Waals surface area contributed by atoms with Crippen LogP contribution in [-0.2, 0) is 9.53 Å². The van der Waals surface area contributed by atoms with E-state index in [9.17, 15) is 4.79 Å². The van der Waals surface area contributed by atoms with Gasteiger partial charge < -0.3 is 9.47 Å². The average Bonchev–Trinajstić information content (AvgIpc) is 3.26. The van der Waals surface area contributed by atoms with Crippen LogP contribution in [0.25, 0.3) is 0 Å². The first-order valence-electron chi connectivity index (χ1n) is 16.2. The van der Waals surface area contributed by atoms with Crippen LogP contribution in [0.3, 0.4) is 0 Å². The molecule has 4 aliphatic rings. The molecule has 1 aromatic carbocycles. The molecule has 1 aromatic rings. The normalized spacial score (nSPS) is 37.2. The lowest BCUT2D eigenvalue weighted by atomic mass is 9.47. The van der Waals surface area contributed by atoms with E-state index in [1.807, 2.05) is 30.3 Å². The van der Waals surface area contributed by atoms with Crippen LogP contribution in [0.2, 0.25) is 0 Å². The summed E-state index contributed by atoms with van der Waals surface area (Å²) in [6.07, 6.45) is 16.1. The van der Waals surface area contributed by atoms with Gasteiger partial charge in [0.15, 0.2) is 6.10 Å². The number of allylic oxidation sites excluding steroid dienone is 1. The van der Waals surface area contributed by atoms with Crippen molar-refractivity contribution < 1.29 is 14.3 Å². The first-order valence-corrected chi connectivity index (χ1v) is 16.2. The van der Waals surface area contributed by atoms with Crippen LogP contribution in [-0.4, -0.2) is 18.2 Å². The van der Waals surface area contributed by atoms with Gasteiger partial charge in [-0.05, 0) is 110 Å². The van der Waals surface area contributed by atoms with Crippen molar-refractivity contribution in [1.29, 1.82) is 0 Å². The largest absolute Gasteiger partial charge is 0.479 e. The SMILES string of the molecule is CC(C)CCC[C@H](C)[C@@H]1CC[C@H]2[C@H]3CC=C4C[C@@H](OC(=O)[C@@H](C)Oc5ccccc5)CC[C@]4(C)[C@@H]3CC[C@@]21C. The molecule has 0 saturated heterocycles. The summed E-state index contributed by atoms with van der Waals surface area (Å²) in [5.41, 5.74) is 2.38. The summed E-state index contributed by atoms with van der Waals surface area (Å²) in [5, 5.41) is 0. The Morgan fingerprint density at radius 3 is 2.46 bits per heavy atom. The van der Waals surface area contributed by atoms with Crippen molar-refractivity contribution in [3.05, 3.63) is 42.0 Å². The second-order valence-corrected chi connectivity index (χ2v) is 14.7. The van der Waals surface area contributed by atoms with E-state index in [2.05, 4.69) is 40.7 Å². The minimum absolute atomic E-state index is 0.0217. The highest BCUT2D eigenvalue weighted by molar-refractivity contribution is 5.74. The maximum atomic E-state index is 12.9. The molecule has 0 aromatic heterocycles. The van der Waals surface area contributed by atoms with Crippen LogP contribution in [0, 0.1) is 46.3 Å². The number of hydrogen-bond acceptors (Lipinski definition) is 3. The monoisotopic (exact) mass is 534 g/mol. The zero-order valence-electron chi connectivity index (χ0n) is 25.6. The Bertz CT molecular complexity index is 1010. The van der Waals surface area contributed by atoms with Gasteiger partial charge in [0.05, 0.1) is 0 Å². The number of hydrogen-bond donors (Lipinski definition) is 0. The molecule has 0 aliphatic heterocycles. The van der Waals surface area contributed by atoms with E-state index in [0.717, 1.165) is 54.8 Å². The van der Waals surface area contributed by atoms with Crippen molar-refractivity contribution in [2.24, 2.45) is 46.3 Å². The fraction of sp³-hybridized carbons (Fsp3) is 0.750. The lowest BCUT2D eigenvalue weighted by Crippen LogP contribution is -2.51. The van der Waals surface area contributed by atoms with E-state index in [0.29, 0.717) is 11.2 Å². The summed E-state index contributed by atoms with van der Waals surface area (Å²) in [6, 6.07) is 9.56. The minimum Gasteiger partial charge on any atom is -0.479 e. The molecular weight excluding hydrogens is 480 g/mol. The Balaban J connectivity index is 1.21. The molecule has 0 N–H and O–H groups in total. The molecule has 9 atom stereocenters. The highest BCUT2D eigenvalue weighted by Crippen LogP contribution is 2.67. The number of esters is 1. The van der Waals surface area contributed by atoms with Crippen LogP contribution < -0.4 is 4.74 Å². The number of para-hydroxylation sites is 1. The molecule has 4 aliphatic carbocycles. The summed E-state index contributed by atoms with van der Waals surface area (Å²) in [5.74, 6) is 5.58. The van der Waals surface area contributed by atoms with Gasteiger partial charge in [-0.1, -0.05) is 83.7 Å².